The maximum atomic E-state index is 12.5. The number of urea groups is 1. The summed E-state index contributed by atoms with van der Waals surface area (Å²) in [5.41, 5.74) is 3.09. The highest BCUT2D eigenvalue weighted by atomic mass is 16.2. The summed E-state index contributed by atoms with van der Waals surface area (Å²) in [6.07, 6.45) is 1.68. The van der Waals surface area contributed by atoms with Gasteiger partial charge in [0.15, 0.2) is 0 Å². The smallest absolute Gasteiger partial charge is 0.317 e. The number of aryl methyl sites for hydroxylation is 2. The maximum absolute atomic E-state index is 12.5. The van der Waals surface area contributed by atoms with Crippen LogP contribution in [0.2, 0.25) is 0 Å². The van der Waals surface area contributed by atoms with Gasteiger partial charge in [-0.1, -0.05) is 17.7 Å². The highest BCUT2D eigenvalue weighted by molar-refractivity contribution is 5.93. The number of benzene rings is 1. The first-order valence-corrected chi connectivity index (χ1v) is 8.30. The number of carbonyl (C=O) groups is 2. The van der Waals surface area contributed by atoms with E-state index in [0.717, 1.165) is 24.1 Å². The van der Waals surface area contributed by atoms with Gasteiger partial charge in [-0.15, -0.1) is 0 Å². The third-order valence-electron chi connectivity index (χ3n) is 4.13. The molecule has 2 rings (SSSR count). The van der Waals surface area contributed by atoms with Gasteiger partial charge in [0.2, 0.25) is 5.91 Å². The molecule has 1 fully saturated rings. The molecule has 0 spiro atoms. The third kappa shape index (κ3) is 4.71. The third-order valence-corrected chi connectivity index (χ3v) is 4.13. The predicted molar refractivity (Wildman–Crippen MR) is 92.5 cm³/mol. The van der Waals surface area contributed by atoms with Crippen LogP contribution in [0.15, 0.2) is 18.2 Å². The largest absolute Gasteiger partial charge is 0.336 e. The van der Waals surface area contributed by atoms with Crippen LogP contribution in [0.4, 0.5) is 10.5 Å². The molecule has 126 valence electrons. The van der Waals surface area contributed by atoms with E-state index in [2.05, 4.69) is 16.7 Å². The van der Waals surface area contributed by atoms with Crippen molar-refractivity contribution in [2.45, 2.75) is 46.6 Å². The molecule has 1 aromatic carbocycles. The molecule has 1 aliphatic heterocycles. The van der Waals surface area contributed by atoms with Gasteiger partial charge in [-0.25, -0.2) is 4.79 Å². The van der Waals surface area contributed by atoms with Crippen LogP contribution in [0.5, 0.6) is 0 Å². The first-order chi connectivity index (χ1) is 10.9. The number of carbonyl (C=O) groups excluding carboxylic acids is 2. The molecule has 0 aliphatic carbocycles. The Hall–Kier alpha value is -2.04. The Morgan fingerprint density at radius 3 is 2.65 bits per heavy atom. The Balaban J connectivity index is 1.97. The molecule has 1 aromatic rings. The lowest BCUT2D eigenvalue weighted by atomic mass is 9.97. The molecule has 1 saturated heterocycles. The first kappa shape index (κ1) is 17.3. The molecule has 0 radical (unpaired) electrons. The highest BCUT2D eigenvalue weighted by Gasteiger charge is 2.28. The lowest BCUT2D eigenvalue weighted by Gasteiger charge is -2.32. The molecule has 23 heavy (non-hydrogen) atoms. The van der Waals surface area contributed by atoms with Crippen LogP contribution in [0.25, 0.3) is 0 Å². The minimum atomic E-state index is -0.151. The standard InChI is InChI=1S/C18H27N3O2/c1-12(2)19-18(23)21-9-5-6-15(11-21)17(22)20-16-8-7-13(3)10-14(16)4/h7-8,10,12,15H,5-6,9,11H2,1-4H3,(H,19,23)(H,20,22). The molecule has 1 aliphatic rings. The summed E-state index contributed by atoms with van der Waals surface area (Å²) in [5.74, 6) is -0.152. The van der Waals surface area contributed by atoms with Crippen molar-refractivity contribution in [3.63, 3.8) is 0 Å². The van der Waals surface area contributed by atoms with Gasteiger partial charge >= 0.3 is 6.03 Å². The monoisotopic (exact) mass is 317 g/mol. The summed E-state index contributed by atoms with van der Waals surface area (Å²) < 4.78 is 0. The lowest BCUT2D eigenvalue weighted by Crippen LogP contribution is -2.49. The normalized spacial score (nSPS) is 18.0. The van der Waals surface area contributed by atoms with E-state index in [-0.39, 0.29) is 23.9 Å². The molecule has 0 saturated carbocycles. The van der Waals surface area contributed by atoms with Gasteiger partial charge in [0.1, 0.15) is 0 Å². The zero-order chi connectivity index (χ0) is 17.0. The van der Waals surface area contributed by atoms with Crippen molar-refractivity contribution in [1.82, 2.24) is 10.2 Å². The second-order valence-electron chi connectivity index (χ2n) is 6.70. The van der Waals surface area contributed by atoms with Crippen molar-refractivity contribution < 1.29 is 9.59 Å². The Morgan fingerprint density at radius 2 is 2.00 bits per heavy atom. The molecule has 2 N–H and O–H groups in total. The summed E-state index contributed by atoms with van der Waals surface area (Å²) in [4.78, 5) is 26.4. The molecule has 5 nitrogen and oxygen atoms in total. The zero-order valence-electron chi connectivity index (χ0n) is 14.5. The predicted octanol–water partition coefficient (Wildman–Crippen LogP) is 3.07. The molecule has 5 heteroatoms. The van der Waals surface area contributed by atoms with Crippen LogP contribution in [0.3, 0.4) is 0 Å². The quantitative estimate of drug-likeness (QED) is 0.900. The van der Waals surface area contributed by atoms with Crippen LogP contribution in [-0.4, -0.2) is 36.0 Å². The minimum Gasteiger partial charge on any atom is -0.336 e. The zero-order valence-corrected chi connectivity index (χ0v) is 14.5. The molecular formula is C18H27N3O2. The van der Waals surface area contributed by atoms with Gasteiger partial charge in [0.25, 0.3) is 0 Å². The van der Waals surface area contributed by atoms with Crippen LogP contribution in [0.1, 0.15) is 37.8 Å². The Kier molecular flexibility index (Phi) is 5.64. The Morgan fingerprint density at radius 1 is 1.26 bits per heavy atom. The highest BCUT2D eigenvalue weighted by Crippen LogP contribution is 2.21. The Labute approximate surface area is 138 Å². The van der Waals surface area contributed by atoms with E-state index in [1.165, 1.54) is 5.56 Å². The van der Waals surface area contributed by atoms with E-state index in [1.54, 1.807) is 4.90 Å². The van der Waals surface area contributed by atoms with Gasteiger partial charge in [0, 0.05) is 24.8 Å². The van der Waals surface area contributed by atoms with E-state index < -0.39 is 0 Å². The summed E-state index contributed by atoms with van der Waals surface area (Å²) >= 11 is 0. The molecule has 1 atom stereocenters. The fraction of sp³-hybridized carbons (Fsp3) is 0.556. The van der Waals surface area contributed by atoms with E-state index in [4.69, 9.17) is 0 Å². The average Bonchev–Trinajstić information content (AvgIpc) is 2.49. The van der Waals surface area contributed by atoms with Crippen LogP contribution < -0.4 is 10.6 Å². The molecule has 0 aromatic heterocycles. The number of rotatable bonds is 3. The van der Waals surface area contributed by atoms with E-state index in [0.29, 0.717) is 13.1 Å². The van der Waals surface area contributed by atoms with E-state index >= 15 is 0 Å². The van der Waals surface area contributed by atoms with Crippen molar-refractivity contribution in [2.24, 2.45) is 5.92 Å². The van der Waals surface area contributed by atoms with E-state index in [9.17, 15) is 9.59 Å². The molecule has 3 amide bonds. The number of anilines is 1. The number of nitrogens with one attached hydrogen (secondary N) is 2. The minimum absolute atomic E-state index is 0.000926. The number of nitrogens with zero attached hydrogens (tertiary/aromatic N) is 1. The van der Waals surface area contributed by atoms with Crippen molar-refractivity contribution in [3.8, 4) is 0 Å². The maximum Gasteiger partial charge on any atom is 0.317 e. The molecular weight excluding hydrogens is 290 g/mol. The van der Waals surface area contributed by atoms with Crippen LogP contribution >= 0.6 is 0 Å². The van der Waals surface area contributed by atoms with Gasteiger partial charge in [-0.3, -0.25) is 4.79 Å². The van der Waals surface area contributed by atoms with Crippen molar-refractivity contribution in [3.05, 3.63) is 29.3 Å². The molecule has 1 heterocycles. The topological polar surface area (TPSA) is 61.4 Å². The van der Waals surface area contributed by atoms with Crippen molar-refractivity contribution >= 4 is 17.6 Å². The first-order valence-electron chi connectivity index (χ1n) is 8.30. The van der Waals surface area contributed by atoms with Crippen molar-refractivity contribution in [1.29, 1.82) is 0 Å². The average molecular weight is 317 g/mol. The Bertz CT molecular complexity index is 584. The van der Waals surface area contributed by atoms with E-state index in [1.807, 2.05) is 39.8 Å². The summed E-state index contributed by atoms with van der Waals surface area (Å²) in [6.45, 7) is 9.09. The number of likely N-dealkylation sites (tertiary alicyclic amines) is 1. The second-order valence-corrected chi connectivity index (χ2v) is 6.70. The fourth-order valence-electron chi connectivity index (χ4n) is 2.90. The van der Waals surface area contributed by atoms with Gasteiger partial charge < -0.3 is 15.5 Å². The van der Waals surface area contributed by atoms with Crippen molar-refractivity contribution in [2.75, 3.05) is 18.4 Å². The summed E-state index contributed by atoms with van der Waals surface area (Å²) in [6, 6.07) is 6.01. The van der Waals surface area contributed by atoms with Crippen LogP contribution in [0, 0.1) is 19.8 Å². The molecule has 1 unspecified atom stereocenters. The fourth-order valence-corrected chi connectivity index (χ4v) is 2.90. The van der Waals surface area contributed by atoms with Gasteiger partial charge in [0.05, 0.1) is 5.92 Å². The second kappa shape index (κ2) is 7.49. The van der Waals surface area contributed by atoms with Crippen LogP contribution in [-0.2, 0) is 4.79 Å². The number of amides is 3. The number of hydrogen-bond acceptors (Lipinski definition) is 2. The SMILES string of the molecule is Cc1ccc(NC(=O)C2CCCN(C(=O)NC(C)C)C2)c(C)c1. The lowest BCUT2D eigenvalue weighted by molar-refractivity contribution is -0.121. The summed E-state index contributed by atoms with van der Waals surface area (Å²) in [7, 11) is 0. The summed E-state index contributed by atoms with van der Waals surface area (Å²) in [5, 5.41) is 5.90. The molecule has 0 bridgehead atoms. The van der Waals surface area contributed by atoms with Gasteiger partial charge in [-0.05, 0) is 52.2 Å². The number of piperidine rings is 1. The number of hydrogen-bond donors (Lipinski definition) is 2. The van der Waals surface area contributed by atoms with Gasteiger partial charge in [-0.2, -0.15) is 0 Å².